The van der Waals surface area contributed by atoms with Crippen molar-refractivity contribution in [1.29, 1.82) is 0 Å². The van der Waals surface area contributed by atoms with Crippen LogP contribution >= 0.6 is 0 Å². The van der Waals surface area contributed by atoms with E-state index in [2.05, 4.69) is 0 Å². The molecule has 1 saturated carbocycles. The molecule has 6 nitrogen and oxygen atoms in total. The van der Waals surface area contributed by atoms with E-state index in [-0.39, 0.29) is 41.6 Å². The highest BCUT2D eigenvalue weighted by Crippen LogP contribution is 2.52. The number of benzene rings is 2. The van der Waals surface area contributed by atoms with Crippen molar-refractivity contribution in [2.24, 2.45) is 29.1 Å². The average molecular weight is 558 g/mol. The molecule has 2 aliphatic rings. The number of rotatable bonds is 10. The molecule has 0 spiro atoms. The Balaban J connectivity index is 1.56. The number of carbonyl (C=O) groups excluding carboxylic acids is 4. The Hall–Kier alpha value is -3.33. The van der Waals surface area contributed by atoms with Gasteiger partial charge in [-0.1, -0.05) is 50.2 Å². The Kier molecular flexibility index (Phi) is 8.63. The van der Waals surface area contributed by atoms with E-state index in [1.54, 1.807) is 5.48 Å². The molecule has 40 heavy (non-hydrogen) atoms. The fourth-order valence-corrected chi connectivity index (χ4v) is 6.74. The van der Waals surface area contributed by atoms with Gasteiger partial charge in [-0.25, -0.2) is 5.48 Å². The molecule has 9 heteroatoms. The zero-order valence-corrected chi connectivity index (χ0v) is 22.6. The summed E-state index contributed by atoms with van der Waals surface area (Å²) in [5.41, 5.74) is 0.353. The first-order valence-corrected chi connectivity index (χ1v) is 13.7. The van der Waals surface area contributed by atoms with Gasteiger partial charge in [-0.15, -0.1) is 0 Å². The Labute approximate surface area is 231 Å². The number of hydrogen-bond donors (Lipinski definition) is 2. The first-order valence-electron chi connectivity index (χ1n) is 13.7. The molecule has 1 fully saturated rings. The molecule has 0 radical (unpaired) electrons. The third kappa shape index (κ3) is 5.75. The van der Waals surface area contributed by atoms with Crippen LogP contribution in [-0.4, -0.2) is 28.5 Å². The van der Waals surface area contributed by atoms with Gasteiger partial charge in [-0.2, -0.15) is 13.2 Å². The van der Waals surface area contributed by atoms with Gasteiger partial charge in [0.25, 0.3) is 0 Å². The summed E-state index contributed by atoms with van der Waals surface area (Å²) < 4.78 is 39.6. The van der Waals surface area contributed by atoms with Crippen molar-refractivity contribution in [3.63, 3.8) is 0 Å². The van der Waals surface area contributed by atoms with Crippen LogP contribution in [0.5, 0.6) is 0 Å². The van der Waals surface area contributed by atoms with E-state index >= 15 is 0 Å². The first-order chi connectivity index (χ1) is 18.9. The van der Waals surface area contributed by atoms with Crippen LogP contribution in [-0.2, 0) is 22.2 Å². The summed E-state index contributed by atoms with van der Waals surface area (Å²) >= 11 is 0. The number of hydroxylamine groups is 1. The van der Waals surface area contributed by atoms with Crippen LogP contribution in [0.15, 0.2) is 48.5 Å². The highest BCUT2D eigenvalue weighted by atomic mass is 19.4. The van der Waals surface area contributed by atoms with Gasteiger partial charge in [0.1, 0.15) is 5.78 Å². The van der Waals surface area contributed by atoms with Crippen molar-refractivity contribution < 1.29 is 37.6 Å². The fourth-order valence-electron chi connectivity index (χ4n) is 6.74. The Bertz CT molecular complexity index is 1290. The van der Waals surface area contributed by atoms with Gasteiger partial charge in [-0.05, 0) is 68.6 Å². The van der Waals surface area contributed by atoms with Crippen molar-refractivity contribution in [2.45, 2.75) is 65.0 Å². The van der Waals surface area contributed by atoms with Crippen LogP contribution in [0, 0.1) is 29.1 Å². The summed E-state index contributed by atoms with van der Waals surface area (Å²) in [6, 6.07) is 12.3. The third-order valence-corrected chi connectivity index (χ3v) is 8.55. The molecule has 4 unspecified atom stereocenters. The molecule has 0 heterocycles. The van der Waals surface area contributed by atoms with E-state index < -0.39 is 46.5 Å². The van der Waals surface area contributed by atoms with Crippen molar-refractivity contribution in [2.75, 3.05) is 0 Å². The first kappa shape index (κ1) is 29.6. The predicted molar refractivity (Wildman–Crippen MR) is 141 cm³/mol. The van der Waals surface area contributed by atoms with Gasteiger partial charge in [0, 0.05) is 22.5 Å². The van der Waals surface area contributed by atoms with Crippen molar-refractivity contribution in [3.8, 4) is 0 Å². The third-order valence-electron chi connectivity index (χ3n) is 8.55. The smallest absolute Gasteiger partial charge is 0.299 e. The van der Waals surface area contributed by atoms with Crippen molar-refractivity contribution >= 4 is 23.3 Å². The Morgan fingerprint density at radius 2 is 1.70 bits per heavy atom. The number of halogens is 3. The van der Waals surface area contributed by atoms with Crippen LogP contribution in [0.4, 0.5) is 13.2 Å². The minimum absolute atomic E-state index is 0.0431. The lowest BCUT2D eigenvalue weighted by Crippen LogP contribution is -2.46. The highest BCUT2D eigenvalue weighted by molar-refractivity contribution is 6.26. The Morgan fingerprint density at radius 1 is 1.02 bits per heavy atom. The summed E-state index contributed by atoms with van der Waals surface area (Å²) in [5, 5.41) is 9.61. The molecule has 0 bridgehead atoms. The predicted octanol–water partition coefficient (Wildman–Crippen LogP) is 6.25. The molecule has 2 aromatic carbocycles. The number of Topliss-reactive ketones (excluding diaryl/α,β-unsaturated/α-hetero) is 3. The summed E-state index contributed by atoms with van der Waals surface area (Å²) in [4.78, 5) is 53.1. The molecule has 0 saturated heterocycles. The molecule has 0 aromatic heterocycles. The monoisotopic (exact) mass is 557 g/mol. The number of hydrogen-bond acceptors (Lipinski definition) is 5. The summed E-state index contributed by atoms with van der Waals surface area (Å²) in [6.45, 7) is 3.89. The number of alkyl halides is 3. The number of carbonyl (C=O) groups is 4. The van der Waals surface area contributed by atoms with E-state index in [9.17, 15) is 37.6 Å². The van der Waals surface area contributed by atoms with Gasteiger partial charge < -0.3 is 0 Å². The molecule has 0 aliphatic heterocycles. The van der Waals surface area contributed by atoms with E-state index in [4.69, 9.17) is 0 Å². The SMILES string of the molecule is CC(C)CC1(C(CCC2C(=O)c3ccc(C(F)(F)F)cc3C2=O)C(=O)NO)CCC(CCc2ccccc2)C1=O. The zero-order valence-electron chi connectivity index (χ0n) is 22.6. The second-order valence-electron chi connectivity index (χ2n) is 11.5. The number of ketones is 3. The standard InChI is InChI=1S/C31H34F3NO5/c1-18(2)17-30(15-14-20(28(30)38)9-8-19-6-4-3-5-7-19)25(29(39)35-40)13-12-23-26(36)22-11-10-21(31(32,33)34)16-24(22)27(23)37/h3-7,10-11,16,18,20,23,25,40H,8-9,12-15,17H2,1-2H3,(H,35,39). The van der Waals surface area contributed by atoms with Crippen molar-refractivity contribution in [1.82, 2.24) is 5.48 Å². The quantitative estimate of drug-likeness (QED) is 0.204. The lowest BCUT2D eigenvalue weighted by atomic mass is 9.65. The van der Waals surface area contributed by atoms with Crippen molar-refractivity contribution in [3.05, 3.63) is 70.8 Å². The Morgan fingerprint density at radius 3 is 2.33 bits per heavy atom. The molecule has 2 aromatic rings. The maximum Gasteiger partial charge on any atom is 0.416 e. The van der Waals surface area contributed by atoms with Gasteiger partial charge in [0.05, 0.1) is 17.4 Å². The molecule has 2 N–H and O–H groups in total. The van der Waals surface area contributed by atoms with Crippen LogP contribution in [0.25, 0.3) is 0 Å². The lowest BCUT2D eigenvalue weighted by molar-refractivity contribution is -0.146. The average Bonchev–Trinajstić information content (AvgIpc) is 3.35. The fraction of sp³-hybridized carbons (Fsp3) is 0.484. The molecular formula is C31H34F3NO5. The van der Waals surface area contributed by atoms with E-state index in [0.717, 1.165) is 17.7 Å². The van der Waals surface area contributed by atoms with Gasteiger partial charge in [-0.3, -0.25) is 24.4 Å². The molecule has 4 rings (SSSR count). The second kappa shape index (κ2) is 11.6. The number of aryl methyl sites for hydroxylation is 1. The van der Waals surface area contributed by atoms with E-state index in [1.807, 2.05) is 44.2 Å². The molecule has 2 aliphatic carbocycles. The minimum atomic E-state index is -4.66. The van der Waals surface area contributed by atoms with E-state index in [0.29, 0.717) is 38.2 Å². The topological polar surface area (TPSA) is 101 Å². The normalized spacial score (nSPS) is 23.5. The maximum atomic E-state index is 14.0. The summed E-state index contributed by atoms with van der Waals surface area (Å²) in [5.74, 6) is -4.57. The van der Waals surface area contributed by atoms with Crippen LogP contribution < -0.4 is 5.48 Å². The van der Waals surface area contributed by atoms with Crippen LogP contribution in [0.3, 0.4) is 0 Å². The van der Waals surface area contributed by atoms with Gasteiger partial charge in [0.15, 0.2) is 11.6 Å². The zero-order chi connectivity index (χ0) is 29.2. The molecule has 4 atom stereocenters. The molecule has 214 valence electrons. The van der Waals surface area contributed by atoms with E-state index in [1.165, 1.54) is 0 Å². The van der Waals surface area contributed by atoms with Crippen LogP contribution in [0.2, 0.25) is 0 Å². The van der Waals surface area contributed by atoms with Gasteiger partial charge >= 0.3 is 6.18 Å². The minimum Gasteiger partial charge on any atom is -0.299 e. The summed E-state index contributed by atoms with van der Waals surface area (Å²) in [6.07, 6.45) is -2.09. The highest BCUT2D eigenvalue weighted by Gasteiger charge is 2.55. The maximum absolute atomic E-state index is 14.0. The summed E-state index contributed by atoms with van der Waals surface area (Å²) in [7, 11) is 0. The molecular weight excluding hydrogens is 523 g/mol. The number of nitrogens with one attached hydrogen (secondary N) is 1. The number of fused-ring (bicyclic) bond motifs is 1. The van der Waals surface area contributed by atoms with Crippen LogP contribution in [0.1, 0.15) is 84.2 Å². The number of amides is 1. The largest absolute Gasteiger partial charge is 0.416 e. The molecule has 1 amide bonds. The second-order valence-corrected chi connectivity index (χ2v) is 11.5. The lowest BCUT2D eigenvalue weighted by Gasteiger charge is -2.37. The van der Waals surface area contributed by atoms with Gasteiger partial charge in [0.2, 0.25) is 5.91 Å².